The summed E-state index contributed by atoms with van der Waals surface area (Å²) in [6.45, 7) is 9.69. The summed E-state index contributed by atoms with van der Waals surface area (Å²) in [5.41, 5.74) is 1.32. The van der Waals surface area contributed by atoms with Crippen LogP contribution in [0.3, 0.4) is 0 Å². The Kier molecular flexibility index (Phi) is 11.7. The molecule has 2 aromatic rings. The molecule has 1 aromatic carbocycles. The van der Waals surface area contributed by atoms with Gasteiger partial charge in [0.15, 0.2) is 0 Å². The zero-order valence-electron chi connectivity index (χ0n) is 22.9. The number of nitrogens with zero attached hydrogens (tertiary/aromatic N) is 2. The van der Waals surface area contributed by atoms with E-state index in [9.17, 15) is 14.4 Å². The number of aromatic nitrogens is 1. The number of carbonyl (C=O) groups is 3. The van der Waals surface area contributed by atoms with Gasteiger partial charge < -0.3 is 20.7 Å². The third kappa shape index (κ3) is 8.91. The van der Waals surface area contributed by atoms with Gasteiger partial charge in [-0.05, 0) is 37.0 Å². The maximum Gasteiger partial charge on any atom is 0.247 e. The molecule has 2 atom stereocenters. The van der Waals surface area contributed by atoms with Gasteiger partial charge in [0.1, 0.15) is 6.04 Å². The third-order valence-corrected chi connectivity index (χ3v) is 9.45. The smallest absolute Gasteiger partial charge is 0.247 e. The molecule has 40 heavy (non-hydrogen) atoms. The topological polar surface area (TPSA) is 113 Å². The van der Waals surface area contributed by atoms with E-state index in [1.807, 2.05) is 23.9 Å². The van der Waals surface area contributed by atoms with E-state index in [2.05, 4.69) is 32.4 Å². The Balaban J connectivity index is 1.42. The van der Waals surface area contributed by atoms with E-state index >= 15 is 0 Å². The Hall–Kier alpha value is -2.18. The van der Waals surface area contributed by atoms with Crippen LogP contribution in [0.1, 0.15) is 31.2 Å². The van der Waals surface area contributed by atoms with Crippen molar-refractivity contribution in [3.05, 3.63) is 40.4 Å². The molecule has 0 aliphatic carbocycles. The normalized spacial score (nSPS) is 18.1. The minimum atomic E-state index is -0.798. The number of rotatable bonds is 12. The highest BCUT2D eigenvalue weighted by Crippen LogP contribution is 2.26. The van der Waals surface area contributed by atoms with Crippen molar-refractivity contribution in [1.82, 2.24) is 25.8 Å². The van der Waals surface area contributed by atoms with E-state index in [0.717, 1.165) is 52.7 Å². The highest BCUT2D eigenvalue weighted by Gasteiger charge is 2.30. The van der Waals surface area contributed by atoms with Crippen molar-refractivity contribution in [2.45, 2.75) is 44.7 Å². The number of carbonyl (C=O) groups excluding carboxylic acids is 3. The summed E-state index contributed by atoms with van der Waals surface area (Å²) in [5.74, 6) is 1.55. The van der Waals surface area contributed by atoms with E-state index in [0.29, 0.717) is 30.4 Å². The summed E-state index contributed by atoms with van der Waals surface area (Å²) in [6, 6.07) is 4.37. The van der Waals surface area contributed by atoms with Crippen molar-refractivity contribution in [2.24, 2.45) is 5.92 Å². The number of nitrogens with one attached hydrogen (secondary N) is 3. The first-order chi connectivity index (χ1) is 19.3. The van der Waals surface area contributed by atoms with Gasteiger partial charge in [-0.2, -0.15) is 11.8 Å². The van der Waals surface area contributed by atoms with Gasteiger partial charge >= 0.3 is 0 Å². The second-order valence-electron chi connectivity index (χ2n) is 10.2. The maximum atomic E-state index is 13.6. The Labute approximate surface area is 248 Å². The molecule has 2 unspecified atom stereocenters. The maximum absolute atomic E-state index is 13.6. The van der Waals surface area contributed by atoms with Gasteiger partial charge in [0.2, 0.25) is 17.7 Å². The fourth-order valence-corrected chi connectivity index (χ4v) is 7.15. The van der Waals surface area contributed by atoms with Crippen molar-refractivity contribution in [1.29, 1.82) is 0 Å². The lowest BCUT2D eigenvalue weighted by Gasteiger charge is -2.32. The van der Waals surface area contributed by atoms with Gasteiger partial charge in [0.05, 0.1) is 15.2 Å². The lowest BCUT2D eigenvalue weighted by molar-refractivity contribution is -0.129. The lowest BCUT2D eigenvalue weighted by atomic mass is 9.91. The van der Waals surface area contributed by atoms with Crippen LogP contribution in [0.2, 0.25) is 5.02 Å². The highest BCUT2D eigenvalue weighted by molar-refractivity contribution is 7.99. The van der Waals surface area contributed by atoms with Crippen LogP contribution in [0.5, 0.6) is 0 Å². The Morgan fingerprint density at radius 1 is 1.20 bits per heavy atom. The van der Waals surface area contributed by atoms with Crippen molar-refractivity contribution < 1.29 is 19.1 Å². The van der Waals surface area contributed by atoms with Crippen LogP contribution < -0.4 is 16.0 Å². The second kappa shape index (κ2) is 15.2. The molecule has 3 heterocycles. The molecule has 2 saturated heterocycles. The molecular formula is C28H38ClN5O4S2. The first-order valence-electron chi connectivity index (χ1n) is 13.8. The van der Waals surface area contributed by atoms with E-state index < -0.39 is 6.04 Å². The van der Waals surface area contributed by atoms with Gasteiger partial charge in [-0.3, -0.25) is 19.3 Å². The van der Waals surface area contributed by atoms with Crippen molar-refractivity contribution >= 4 is 62.6 Å². The fourth-order valence-electron chi connectivity index (χ4n) is 4.88. The van der Waals surface area contributed by atoms with Crippen LogP contribution in [0.4, 0.5) is 0 Å². The molecular weight excluding hydrogens is 570 g/mol. The van der Waals surface area contributed by atoms with Gasteiger partial charge in [0.25, 0.3) is 0 Å². The molecule has 1 aromatic heterocycles. The Bertz CT molecular complexity index is 1200. The minimum Gasteiger partial charge on any atom is -0.381 e. The lowest BCUT2D eigenvalue weighted by Crippen LogP contribution is -2.55. The highest BCUT2D eigenvalue weighted by atomic mass is 35.5. The molecule has 0 spiro atoms. The molecule has 0 saturated carbocycles. The standard InChI is InChI=1S/C28H38ClN5O4S2/c1-3-25(35)31-22(15-26-32-21-5-4-20(29)14-24(21)40-26)28(37)33-23(19-6-10-38-11-7-19)16-30-27(36)18(2)17-34-8-12-39-13-9-34/h4-5,14,19,22-23H,2-3,6-13,15-17H2,1H3,(H,30,36)(H,31,35)(H,33,37). The molecule has 4 rings (SSSR count). The number of fused-ring (bicyclic) bond motifs is 1. The van der Waals surface area contributed by atoms with E-state index in [1.165, 1.54) is 11.3 Å². The van der Waals surface area contributed by atoms with Crippen LogP contribution in [-0.4, -0.2) is 90.6 Å². The summed E-state index contributed by atoms with van der Waals surface area (Å²) in [6.07, 6.45) is 2.07. The predicted molar refractivity (Wildman–Crippen MR) is 162 cm³/mol. The average molecular weight is 608 g/mol. The predicted octanol–water partition coefficient (Wildman–Crippen LogP) is 3.02. The fraction of sp³-hybridized carbons (Fsp3) is 0.571. The summed E-state index contributed by atoms with van der Waals surface area (Å²) in [4.78, 5) is 45.8. The van der Waals surface area contributed by atoms with Crippen LogP contribution >= 0.6 is 34.7 Å². The molecule has 2 aliphatic heterocycles. The minimum absolute atomic E-state index is 0.137. The second-order valence-corrected chi connectivity index (χ2v) is 12.9. The van der Waals surface area contributed by atoms with E-state index in [1.54, 1.807) is 13.0 Å². The van der Waals surface area contributed by atoms with Gasteiger partial charge in [-0.1, -0.05) is 25.1 Å². The monoisotopic (exact) mass is 607 g/mol. The number of thioether (sulfide) groups is 1. The molecule has 3 N–H and O–H groups in total. The molecule has 2 fully saturated rings. The number of amides is 3. The van der Waals surface area contributed by atoms with E-state index in [4.69, 9.17) is 16.3 Å². The van der Waals surface area contributed by atoms with E-state index in [-0.39, 0.29) is 49.1 Å². The summed E-state index contributed by atoms with van der Waals surface area (Å²) in [5, 5.41) is 10.4. The first-order valence-corrected chi connectivity index (χ1v) is 16.2. The third-order valence-electron chi connectivity index (χ3n) is 7.23. The van der Waals surface area contributed by atoms with Crippen molar-refractivity contribution in [2.75, 3.05) is 50.9 Å². The van der Waals surface area contributed by atoms with Crippen LogP contribution in [0.25, 0.3) is 10.2 Å². The summed E-state index contributed by atoms with van der Waals surface area (Å²) < 4.78 is 6.47. The molecule has 3 amide bonds. The molecule has 218 valence electrons. The zero-order valence-corrected chi connectivity index (χ0v) is 25.3. The average Bonchev–Trinajstić information content (AvgIpc) is 3.36. The number of hydrogen-bond acceptors (Lipinski definition) is 8. The van der Waals surface area contributed by atoms with Crippen LogP contribution in [-0.2, 0) is 25.5 Å². The SMILES string of the molecule is C=C(CN1CCSCC1)C(=O)NCC(NC(=O)C(Cc1nc2ccc(Cl)cc2s1)NC(=O)CC)C1CCOCC1. The quantitative estimate of drug-likeness (QED) is 0.318. The molecule has 0 radical (unpaired) electrons. The van der Waals surface area contributed by atoms with Gasteiger partial charge in [-0.15, -0.1) is 11.3 Å². The molecule has 12 heteroatoms. The largest absolute Gasteiger partial charge is 0.381 e. The summed E-state index contributed by atoms with van der Waals surface area (Å²) >= 11 is 9.51. The van der Waals surface area contributed by atoms with Crippen molar-refractivity contribution in [3.8, 4) is 0 Å². The van der Waals surface area contributed by atoms with Crippen LogP contribution in [0.15, 0.2) is 30.4 Å². The summed E-state index contributed by atoms with van der Waals surface area (Å²) in [7, 11) is 0. The molecule has 2 aliphatic rings. The van der Waals surface area contributed by atoms with Gasteiger partial charge in [-0.25, -0.2) is 4.98 Å². The first kappa shape index (κ1) is 30.8. The number of hydrogen-bond donors (Lipinski definition) is 3. The molecule has 0 bridgehead atoms. The Morgan fingerprint density at radius 3 is 2.67 bits per heavy atom. The zero-order chi connectivity index (χ0) is 28.5. The van der Waals surface area contributed by atoms with Crippen molar-refractivity contribution in [3.63, 3.8) is 0 Å². The number of thiazole rings is 1. The molecule has 9 nitrogen and oxygen atoms in total. The number of halogens is 1. The van der Waals surface area contributed by atoms with Gasteiger partial charge in [0, 0.05) is 80.4 Å². The van der Waals surface area contributed by atoms with Crippen LogP contribution in [0, 0.1) is 5.92 Å². The number of ether oxygens (including phenoxy) is 1. The Morgan fingerprint density at radius 2 is 1.95 bits per heavy atom. The number of benzene rings is 1.